The van der Waals surface area contributed by atoms with Gasteiger partial charge in [-0.05, 0) is 55.9 Å². The predicted octanol–water partition coefficient (Wildman–Crippen LogP) is 5.74. The molecule has 124 valence electrons. The van der Waals surface area contributed by atoms with Gasteiger partial charge in [-0.3, -0.25) is 0 Å². The molecule has 2 nitrogen and oxygen atoms in total. The standard InChI is InChI=1S/C22H26N2/c1-3-16-10-19-12-21(18-8-6-5-7-9-18)22(14-23,15-24)13-20(19)11-17(16)4-2/h5-9,19-21H,3-4,10-13H2,1-2H3/t19-,20+,21-/m1/s1. The quantitative estimate of drug-likeness (QED) is 0.667. The van der Waals surface area contributed by atoms with Crippen LogP contribution in [0.15, 0.2) is 41.5 Å². The summed E-state index contributed by atoms with van der Waals surface area (Å²) in [5, 5.41) is 19.8. The molecule has 0 unspecified atom stereocenters. The molecule has 2 heteroatoms. The molecule has 1 saturated carbocycles. The molecule has 0 amide bonds. The van der Waals surface area contributed by atoms with Gasteiger partial charge in [0.2, 0.25) is 0 Å². The van der Waals surface area contributed by atoms with Gasteiger partial charge >= 0.3 is 0 Å². The summed E-state index contributed by atoms with van der Waals surface area (Å²) in [7, 11) is 0. The van der Waals surface area contributed by atoms with E-state index in [0.717, 1.165) is 37.7 Å². The van der Waals surface area contributed by atoms with E-state index in [9.17, 15) is 10.5 Å². The van der Waals surface area contributed by atoms with Crippen LogP contribution >= 0.6 is 0 Å². The molecule has 3 atom stereocenters. The molecule has 0 heterocycles. The Morgan fingerprint density at radius 3 is 2.08 bits per heavy atom. The lowest BCUT2D eigenvalue weighted by molar-refractivity contribution is 0.130. The first-order chi connectivity index (χ1) is 11.7. The van der Waals surface area contributed by atoms with E-state index in [4.69, 9.17) is 0 Å². The molecule has 2 aliphatic carbocycles. The maximum atomic E-state index is 9.90. The first kappa shape index (κ1) is 16.8. The van der Waals surface area contributed by atoms with E-state index in [1.165, 1.54) is 6.42 Å². The van der Waals surface area contributed by atoms with Crippen LogP contribution in [0, 0.1) is 39.9 Å². The second kappa shape index (κ2) is 6.82. The van der Waals surface area contributed by atoms with Crippen molar-refractivity contribution >= 4 is 0 Å². The van der Waals surface area contributed by atoms with Crippen LogP contribution in [0.1, 0.15) is 63.9 Å². The molecule has 3 rings (SSSR count). The van der Waals surface area contributed by atoms with Crippen LogP contribution in [0.25, 0.3) is 0 Å². The smallest absolute Gasteiger partial charge is 0.150 e. The average molecular weight is 318 g/mol. The number of nitrogens with zero attached hydrogens (tertiary/aromatic N) is 2. The van der Waals surface area contributed by atoms with Gasteiger partial charge in [-0.25, -0.2) is 0 Å². The topological polar surface area (TPSA) is 47.6 Å². The van der Waals surface area contributed by atoms with Crippen molar-refractivity contribution in [2.45, 2.75) is 58.3 Å². The lowest BCUT2D eigenvalue weighted by Gasteiger charge is -2.46. The number of allylic oxidation sites excluding steroid dienone is 2. The van der Waals surface area contributed by atoms with Crippen molar-refractivity contribution in [1.82, 2.24) is 0 Å². The molecule has 24 heavy (non-hydrogen) atoms. The first-order valence-electron chi connectivity index (χ1n) is 9.24. The molecule has 1 aromatic carbocycles. The molecular weight excluding hydrogens is 292 g/mol. The zero-order valence-electron chi connectivity index (χ0n) is 14.8. The molecular formula is C22H26N2. The lowest BCUT2D eigenvalue weighted by atomic mass is 9.55. The third-order valence-electron chi connectivity index (χ3n) is 6.36. The Morgan fingerprint density at radius 1 is 0.958 bits per heavy atom. The molecule has 0 aliphatic heterocycles. The molecule has 0 saturated heterocycles. The average Bonchev–Trinajstić information content (AvgIpc) is 2.66. The Hall–Kier alpha value is -2.06. The summed E-state index contributed by atoms with van der Waals surface area (Å²) >= 11 is 0. The van der Waals surface area contributed by atoms with E-state index in [0.29, 0.717) is 11.8 Å². The first-order valence-corrected chi connectivity index (χ1v) is 9.24. The minimum atomic E-state index is -0.870. The van der Waals surface area contributed by atoms with E-state index in [1.54, 1.807) is 11.1 Å². The number of hydrogen-bond donors (Lipinski definition) is 0. The van der Waals surface area contributed by atoms with Crippen molar-refractivity contribution in [1.29, 1.82) is 10.5 Å². The van der Waals surface area contributed by atoms with Gasteiger partial charge in [-0.1, -0.05) is 55.3 Å². The van der Waals surface area contributed by atoms with Crippen molar-refractivity contribution in [2.24, 2.45) is 17.3 Å². The maximum absolute atomic E-state index is 9.90. The van der Waals surface area contributed by atoms with Gasteiger partial charge in [0.05, 0.1) is 12.1 Å². The Labute approximate surface area is 145 Å². The molecule has 1 fully saturated rings. The fraction of sp³-hybridized carbons (Fsp3) is 0.545. The molecule has 0 N–H and O–H groups in total. The summed E-state index contributed by atoms with van der Waals surface area (Å²) in [5.41, 5.74) is 3.50. The van der Waals surface area contributed by atoms with Gasteiger partial charge in [-0.15, -0.1) is 0 Å². The summed E-state index contributed by atoms with van der Waals surface area (Å²) < 4.78 is 0. The summed E-state index contributed by atoms with van der Waals surface area (Å²) in [6.07, 6.45) is 6.21. The highest BCUT2D eigenvalue weighted by Gasteiger charge is 2.50. The van der Waals surface area contributed by atoms with Crippen LogP contribution in [-0.4, -0.2) is 0 Å². The van der Waals surface area contributed by atoms with Crippen molar-refractivity contribution in [3.63, 3.8) is 0 Å². The van der Waals surface area contributed by atoms with E-state index in [2.05, 4.69) is 38.1 Å². The number of nitriles is 2. The highest BCUT2D eigenvalue weighted by molar-refractivity contribution is 5.34. The molecule has 1 aromatic rings. The number of hydrogen-bond acceptors (Lipinski definition) is 2. The van der Waals surface area contributed by atoms with Gasteiger partial charge in [0.25, 0.3) is 0 Å². The minimum absolute atomic E-state index is 0.0382. The molecule has 0 aromatic heterocycles. The van der Waals surface area contributed by atoms with Crippen molar-refractivity contribution in [3.8, 4) is 12.1 Å². The van der Waals surface area contributed by atoms with Crippen LogP contribution in [-0.2, 0) is 0 Å². The van der Waals surface area contributed by atoms with E-state index < -0.39 is 5.41 Å². The van der Waals surface area contributed by atoms with E-state index in [-0.39, 0.29) is 5.92 Å². The molecule has 0 spiro atoms. The molecule has 2 aliphatic rings. The van der Waals surface area contributed by atoms with Crippen LogP contribution in [0.4, 0.5) is 0 Å². The fourth-order valence-electron chi connectivity index (χ4n) is 5.00. The normalized spacial score (nSPS) is 28.6. The van der Waals surface area contributed by atoms with Crippen molar-refractivity contribution in [2.75, 3.05) is 0 Å². The highest BCUT2D eigenvalue weighted by atomic mass is 14.5. The summed E-state index contributed by atoms with van der Waals surface area (Å²) in [5.74, 6) is 1.15. The third kappa shape index (κ3) is 2.76. The Kier molecular flexibility index (Phi) is 4.77. The number of fused-ring (bicyclic) bond motifs is 1. The van der Waals surface area contributed by atoms with Crippen molar-refractivity contribution < 1.29 is 0 Å². The maximum Gasteiger partial charge on any atom is 0.150 e. The molecule has 0 radical (unpaired) electrons. The highest BCUT2D eigenvalue weighted by Crippen LogP contribution is 2.56. The third-order valence-corrected chi connectivity index (χ3v) is 6.36. The van der Waals surface area contributed by atoms with E-state index in [1.807, 2.05) is 18.2 Å². The monoisotopic (exact) mass is 318 g/mol. The number of rotatable bonds is 3. The van der Waals surface area contributed by atoms with Gasteiger partial charge in [0.1, 0.15) is 0 Å². The second-order valence-corrected chi connectivity index (χ2v) is 7.44. The lowest BCUT2D eigenvalue weighted by Crippen LogP contribution is -2.40. The van der Waals surface area contributed by atoms with Crippen LogP contribution < -0.4 is 0 Å². The Morgan fingerprint density at radius 2 is 1.54 bits per heavy atom. The van der Waals surface area contributed by atoms with E-state index >= 15 is 0 Å². The second-order valence-electron chi connectivity index (χ2n) is 7.44. The largest absolute Gasteiger partial charge is 0.197 e. The van der Waals surface area contributed by atoms with Crippen LogP contribution in [0.5, 0.6) is 0 Å². The fourth-order valence-corrected chi connectivity index (χ4v) is 5.00. The summed E-state index contributed by atoms with van der Waals surface area (Å²) in [6.45, 7) is 4.50. The SMILES string of the molecule is CCC1=C(CC)C[C@H]2CC(C#N)(C#N)[C@@H](c3ccccc3)C[C@H]2C1. The molecule has 0 bridgehead atoms. The summed E-state index contributed by atoms with van der Waals surface area (Å²) in [4.78, 5) is 0. The minimum Gasteiger partial charge on any atom is -0.197 e. The van der Waals surface area contributed by atoms with Crippen molar-refractivity contribution in [3.05, 3.63) is 47.0 Å². The van der Waals surface area contributed by atoms with Gasteiger partial charge in [0, 0.05) is 5.92 Å². The Balaban J connectivity index is 1.97. The Bertz CT molecular complexity index is 688. The van der Waals surface area contributed by atoms with Gasteiger partial charge in [0.15, 0.2) is 5.41 Å². The predicted molar refractivity (Wildman–Crippen MR) is 95.9 cm³/mol. The van der Waals surface area contributed by atoms with Gasteiger partial charge < -0.3 is 0 Å². The van der Waals surface area contributed by atoms with Crippen LogP contribution in [0.3, 0.4) is 0 Å². The van der Waals surface area contributed by atoms with Gasteiger partial charge in [-0.2, -0.15) is 10.5 Å². The van der Waals surface area contributed by atoms with Crippen LogP contribution in [0.2, 0.25) is 0 Å². The zero-order chi connectivity index (χ0) is 17.2. The summed E-state index contributed by atoms with van der Waals surface area (Å²) in [6, 6.07) is 15.1. The zero-order valence-corrected chi connectivity index (χ0v) is 14.8. The number of benzene rings is 1.